The summed E-state index contributed by atoms with van der Waals surface area (Å²) in [6.45, 7) is 0.679. The molecule has 1 rings (SSSR count). The van der Waals surface area contributed by atoms with Gasteiger partial charge < -0.3 is 9.47 Å². The molecule has 1 atom stereocenters. The van der Waals surface area contributed by atoms with Crippen LogP contribution in [0.25, 0.3) is 0 Å². The summed E-state index contributed by atoms with van der Waals surface area (Å²) in [5, 5.41) is 0. The van der Waals surface area contributed by atoms with Crippen molar-refractivity contribution in [3.63, 3.8) is 0 Å². The average Bonchev–Trinajstić information content (AvgIpc) is 2.31. The Morgan fingerprint density at radius 2 is 2.60 bits per heavy atom. The molecule has 3 heteroatoms. The molecule has 0 unspecified atom stereocenters. The summed E-state index contributed by atoms with van der Waals surface area (Å²) in [7, 11) is 1.65. The minimum absolute atomic E-state index is 0.0684. The van der Waals surface area contributed by atoms with Crippen LogP contribution >= 0.6 is 0 Å². The van der Waals surface area contributed by atoms with Crippen LogP contribution in [-0.2, 0) is 14.3 Å². The summed E-state index contributed by atoms with van der Waals surface area (Å²) in [6, 6.07) is 0. The SMILES string of the molecule is COCC[C@H]1CCC(=O)O1. The van der Waals surface area contributed by atoms with Gasteiger partial charge in [0.2, 0.25) is 0 Å². The fourth-order valence-electron chi connectivity index (χ4n) is 1.04. The van der Waals surface area contributed by atoms with Crippen molar-refractivity contribution < 1.29 is 14.3 Å². The molecule has 1 aliphatic heterocycles. The van der Waals surface area contributed by atoms with E-state index in [0.29, 0.717) is 13.0 Å². The number of ether oxygens (including phenoxy) is 2. The fraction of sp³-hybridized carbons (Fsp3) is 0.857. The molecule has 0 aliphatic carbocycles. The van der Waals surface area contributed by atoms with Crippen molar-refractivity contribution in [2.45, 2.75) is 25.4 Å². The summed E-state index contributed by atoms with van der Waals surface area (Å²) >= 11 is 0. The van der Waals surface area contributed by atoms with Gasteiger partial charge >= 0.3 is 5.97 Å². The monoisotopic (exact) mass is 144 g/mol. The van der Waals surface area contributed by atoms with Crippen LogP contribution in [0.1, 0.15) is 19.3 Å². The maximum Gasteiger partial charge on any atom is 0.306 e. The molecule has 0 spiro atoms. The summed E-state index contributed by atoms with van der Waals surface area (Å²) in [6.07, 6.45) is 2.39. The first-order valence-electron chi connectivity index (χ1n) is 3.51. The van der Waals surface area contributed by atoms with Crippen LogP contribution in [-0.4, -0.2) is 25.8 Å². The Morgan fingerprint density at radius 1 is 1.80 bits per heavy atom. The van der Waals surface area contributed by atoms with Gasteiger partial charge in [-0.3, -0.25) is 4.79 Å². The van der Waals surface area contributed by atoms with Crippen LogP contribution in [0.2, 0.25) is 0 Å². The molecular weight excluding hydrogens is 132 g/mol. The number of carbonyl (C=O) groups excluding carboxylic acids is 1. The van der Waals surface area contributed by atoms with Crippen molar-refractivity contribution in [3.05, 3.63) is 0 Å². The molecule has 0 bridgehead atoms. The Bertz CT molecular complexity index is 122. The number of esters is 1. The van der Waals surface area contributed by atoms with E-state index in [1.165, 1.54) is 0 Å². The van der Waals surface area contributed by atoms with Gasteiger partial charge in [0.25, 0.3) is 0 Å². The lowest BCUT2D eigenvalue weighted by atomic mass is 10.2. The third-order valence-electron chi connectivity index (χ3n) is 1.61. The third-order valence-corrected chi connectivity index (χ3v) is 1.61. The normalized spacial score (nSPS) is 24.9. The van der Waals surface area contributed by atoms with Crippen LogP contribution in [0.4, 0.5) is 0 Å². The van der Waals surface area contributed by atoms with E-state index < -0.39 is 0 Å². The first-order valence-corrected chi connectivity index (χ1v) is 3.51. The van der Waals surface area contributed by atoms with Gasteiger partial charge in [-0.2, -0.15) is 0 Å². The number of carbonyl (C=O) groups is 1. The largest absolute Gasteiger partial charge is 0.462 e. The predicted octanol–water partition coefficient (Wildman–Crippen LogP) is 0.728. The first kappa shape index (κ1) is 7.54. The summed E-state index contributed by atoms with van der Waals surface area (Å²) in [5.74, 6) is -0.0684. The molecule has 1 aliphatic rings. The maximum absolute atomic E-state index is 10.6. The molecule has 58 valence electrons. The molecule has 0 saturated carbocycles. The Kier molecular flexibility index (Phi) is 2.68. The van der Waals surface area contributed by atoms with E-state index in [1.54, 1.807) is 7.11 Å². The van der Waals surface area contributed by atoms with Crippen LogP contribution in [0.15, 0.2) is 0 Å². The maximum atomic E-state index is 10.6. The van der Waals surface area contributed by atoms with Crippen molar-refractivity contribution in [3.8, 4) is 0 Å². The van der Waals surface area contributed by atoms with Crippen LogP contribution in [0.3, 0.4) is 0 Å². The van der Waals surface area contributed by atoms with Gasteiger partial charge in [0.05, 0.1) is 0 Å². The smallest absolute Gasteiger partial charge is 0.306 e. The van der Waals surface area contributed by atoms with Crippen molar-refractivity contribution in [2.75, 3.05) is 13.7 Å². The molecule has 3 nitrogen and oxygen atoms in total. The van der Waals surface area contributed by atoms with E-state index in [1.807, 2.05) is 0 Å². The highest BCUT2D eigenvalue weighted by Crippen LogP contribution is 2.16. The van der Waals surface area contributed by atoms with Gasteiger partial charge in [0.1, 0.15) is 6.10 Å². The molecule has 0 N–H and O–H groups in total. The summed E-state index contributed by atoms with van der Waals surface area (Å²) < 4.78 is 9.79. The zero-order valence-corrected chi connectivity index (χ0v) is 6.13. The van der Waals surface area contributed by atoms with Crippen molar-refractivity contribution in [1.82, 2.24) is 0 Å². The Balaban J connectivity index is 2.12. The van der Waals surface area contributed by atoms with Crippen LogP contribution in [0.5, 0.6) is 0 Å². The molecule has 10 heavy (non-hydrogen) atoms. The fourth-order valence-corrected chi connectivity index (χ4v) is 1.04. The second kappa shape index (κ2) is 3.56. The zero-order valence-electron chi connectivity index (χ0n) is 6.13. The van der Waals surface area contributed by atoms with Gasteiger partial charge in [-0.15, -0.1) is 0 Å². The van der Waals surface area contributed by atoms with Gasteiger partial charge in [0.15, 0.2) is 0 Å². The van der Waals surface area contributed by atoms with Gasteiger partial charge in [-0.1, -0.05) is 0 Å². The molecular formula is C7H12O3. The lowest BCUT2D eigenvalue weighted by Crippen LogP contribution is -2.09. The van der Waals surface area contributed by atoms with E-state index in [4.69, 9.17) is 9.47 Å². The quantitative estimate of drug-likeness (QED) is 0.548. The topological polar surface area (TPSA) is 35.5 Å². The van der Waals surface area contributed by atoms with Crippen molar-refractivity contribution >= 4 is 5.97 Å². The highest BCUT2D eigenvalue weighted by atomic mass is 16.6. The summed E-state index contributed by atoms with van der Waals surface area (Å²) in [5.41, 5.74) is 0. The molecule has 1 saturated heterocycles. The lowest BCUT2D eigenvalue weighted by Gasteiger charge is -2.06. The number of hydrogen-bond acceptors (Lipinski definition) is 3. The van der Waals surface area contributed by atoms with Crippen molar-refractivity contribution in [2.24, 2.45) is 0 Å². The predicted molar refractivity (Wildman–Crippen MR) is 35.6 cm³/mol. The zero-order chi connectivity index (χ0) is 7.40. The van der Waals surface area contributed by atoms with Gasteiger partial charge in [-0.25, -0.2) is 0 Å². The highest BCUT2D eigenvalue weighted by molar-refractivity contribution is 5.71. The van der Waals surface area contributed by atoms with E-state index >= 15 is 0 Å². The minimum atomic E-state index is -0.0684. The van der Waals surface area contributed by atoms with E-state index in [0.717, 1.165) is 12.8 Å². The second-order valence-corrected chi connectivity index (χ2v) is 2.43. The molecule has 0 aromatic rings. The number of cyclic esters (lactones) is 1. The lowest BCUT2D eigenvalue weighted by molar-refractivity contribution is -0.141. The highest BCUT2D eigenvalue weighted by Gasteiger charge is 2.22. The molecule has 0 aromatic carbocycles. The Labute approximate surface area is 60.3 Å². The van der Waals surface area contributed by atoms with Crippen LogP contribution < -0.4 is 0 Å². The summed E-state index contributed by atoms with van der Waals surface area (Å²) in [4.78, 5) is 10.6. The number of hydrogen-bond donors (Lipinski definition) is 0. The standard InChI is InChI=1S/C7H12O3/c1-9-5-4-6-2-3-7(8)10-6/h6H,2-5H2,1H3/t6-/m1/s1. The van der Waals surface area contributed by atoms with Gasteiger partial charge in [-0.05, 0) is 6.42 Å². The van der Waals surface area contributed by atoms with E-state index in [9.17, 15) is 4.79 Å². The van der Waals surface area contributed by atoms with E-state index in [2.05, 4.69) is 0 Å². The molecule has 0 amide bonds. The van der Waals surface area contributed by atoms with E-state index in [-0.39, 0.29) is 12.1 Å². The second-order valence-electron chi connectivity index (χ2n) is 2.43. The Morgan fingerprint density at radius 3 is 3.10 bits per heavy atom. The molecule has 0 radical (unpaired) electrons. The minimum Gasteiger partial charge on any atom is -0.462 e. The van der Waals surface area contributed by atoms with Gasteiger partial charge in [0, 0.05) is 26.6 Å². The first-order chi connectivity index (χ1) is 4.83. The third kappa shape index (κ3) is 1.99. The molecule has 0 aromatic heterocycles. The average molecular weight is 144 g/mol. The van der Waals surface area contributed by atoms with Crippen molar-refractivity contribution in [1.29, 1.82) is 0 Å². The number of rotatable bonds is 3. The molecule has 1 heterocycles. The molecule has 1 fully saturated rings. The number of methoxy groups -OCH3 is 1. The Hall–Kier alpha value is -0.570. The van der Waals surface area contributed by atoms with Crippen LogP contribution in [0, 0.1) is 0 Å².